The van der Waals surface area contributed by atoms with Crippen LogP contribution in [0.3, 0.4) is 0 Å². The van der Waals surface area contributed by atoms with Crippen molar-refractivity contribution >= 4 is 38.4 Å². The van der Waals surface area contributed by atoms with E-state index in [4.69, 9.17) is 19.0 Å². The van der Waals surface area contributed by atoms with E-state index >= 15 is 0 Å². The van der Waals surface area contributed by atoms with Crippen molar-refractivity contribution in [3.8, 4) is 0 Å². The predicted molar refractivity (Wildman–Crippen MR) is 65.1 cm³/mol. The van der Waals surface area contributed by atoms with Gasteiger partial charge in [0.15, 0.2) is 0 Å². The molecule has 0 aromatic carbocycles. The molecule has 0 aromatic heterocycles. The average Bonchev–Trinajstić information content (AvgIpc) is 2.25. The van der Waals surface area contributed by atoms with Crippen LogP contribution in [0.1, 0.15) is 13.3 Å². The van der Waals surface area contributed by atoms with Crippen LogP contribution in [-0.4, -0.2) is 78.4 Å². The number of hydrogen-bond acceptors (Lipinski definition) is 5. The number of nitrogens with one attached hydrogen (secondary N) is 1. The quantitative estimate of drug-likeness (QED) is 0.542. The Morgan fingerprint density at radius 3 is 1.93 bits per heavy atom. The molecule has 0 spiro atoms. The summed E-state index contributed by atoms with van der Waals surface area (Å²) in [5, 5.41) is 3.27. The first-order valence-electron chi connectivity index (χ1n) is 4.79. The Labute approximate surface area is 116 Å². The first-order valence-corrected chi connectivity index (χ1v) is 6.59. The fraction of sp³-hybridized carbons (Fsp3) is 1.00. The van der Waals surface area contributed by atoms with Crippen LogP contribution < -0.4 is 11.1 Å². The van der Waals surface area contributed by atoms with Gasteiger partial charge in [0.25, 0.3) is 0 Å². The molecule has 0 radical (unpaired) electrons. The molecule has 0 aliphatic heterocycles. The second kappa shape index (κ2) is 10.2. The summed E-state index contributed by atoms with van der Waals surface area (Å²) in [7, 11) is 2.30. The van der Waals surface area contributed by atoms with E-state index in [1.54, 1.807) is 21.3 Å². The zero-order valence-corrected chi connectivity index (χ0v) is 10.5. The van der Waals surface area contributed by atoms with Crippen molar-refractivity contribution in [1.29, 1.82) is 0 Å². The molecular weight excluding hydrogens is 223 g/mol. The van der Waals surface area contributed by atoms with Crippen LogP contribution >= 0.6 is 0 Å². The fourth-order valence-electron chi connectivity index (χ4n) is 1.45. The van der Waals surface area contributed by atoms with Gasteiger partial charge in [0.2, 0.25) is 0 Å². The molecule has 0 aliphatic rings. The molecule has 0 rings (SSSR count). The zero-order valence-electron chi connectivity index (χ0n) is 9.50. The van der Waals surface area contributed by atoms with Gasteiger partial charge in [-0.25, -0.2) is 0 Å². The van der Waals surface area contributed by atoms with Gasteiger partial charge in [-0.15, -0.1) is 0 Å². The van der Waals surface area contributed by atoms with Gasteiger partial charge in [0.05, 0.1) is 5.67 Å². The van der Waals surface area contributed by atoms with E-state index in [9.17, 15) is 0 Å². The summed E-state index contributed by atoms with van der Waals surface area (Å²) in [4.78, 5) is 0. The molecular formula is C8H23N2NaO3Si. The number of hydrogen-bond donors (Lipinski definition) is 2. The molecule has 88 valence electrons. The molecule has 1 atom stereocenters. The van der Waals surface area contributed by atoms with Gasteiger partial charge in [-0.1, -0.05) is 6.92 Å². The van der Waals surface area contributed by atoms with Gasteiger partial charge < -0.3 is 24.3 Å². The molecule has 0 bridgehead atoms. The van der Waals surface area contributed by atoms with Crippen molar-refractivity contribution in [3.63, 3.8) is 0 Å². The van der Waals surface area contributed by atoms with Crippen molar-refractivity contribution in [3.05, 3.63) is 0 Å². The van der Waals surface area contributed by atoms with E-state index in [0.717, 1.165) is 13.0 Å². The molecule has 0 saturated carbocycles. The molecule has 0 aromatic rings. The molecule has 7 heteroatoms. The van der Waals surface area contributed by atoms with Crippen molar-refractivity contribution in [2.45, 2.75) is 19.0 Å². The van der Waals surface area contributed by atoms with E-state index in [1.165, 1.54) is 0 Å². The predicted octanol–water partition coefficient (Wildman–Crippen LogP) is -0.918. The Hall–Kier alpha value is 1.02. The first kappa shape index (κ1) is 18.4. The van der Waals surface area contributed by atoms with Gasteiger partial charge in [-0.2, -0.15) is 0 Å². The first-order chi connectivity index (χ1) is 6.70. The Morgan fingerprint density at radius 2 is 1.67 bits per heavy atom. The zero-order chi connectivity index (χ0) is 11.0. The van der Waals surface area contributed by atoms with Gasteiger partial charge in [0.1, 0.15) is 0 Å². The molecule has 15 heavy (non-hydrogen) atoms. The van der Waals surface area contributed by atoms with Crippen LogP contribution in [0.5, 0.6) is 0 Å². The van der Waals surface area contributed by atoms with E-state index in [-0.39, 0.29) is 35.2 Å². The van der Waals surface area contributed by atoms with E-state index in [0.29, 0.717) is 6.54 Å². The van der Waals surface area contributed by atoms with Crippen LogP contribution in [0, 0.1) is 0 Å². The topological polar surface area (TPSA) is 65.7 Å². The normalized spacial score (nSPS) is 13.4. The second-order valence-electron chi connectivity index (χ2n) is 2.92. The molecule has 3 N–H and O–H groups in total. The number of nitrogens with two attached hydrogens (primary N) is 1. The summed E-state index contributed by atoms with van der Waals surface area (Å²) in [6, 6.07) is 0. The molecule has 1 unspecified atom stereocenters. The maximum atomic E-state index is 5.43. The third-order valence-corrected chi connectivity index (χ3v) is 5.40. The Balaban J connectivity index is 0. The summed E-state index contributed by atoms with van der Waals surface area (Å²) >= 11 is 0. The molecule has 0 heterocycles. The van der Waals surface area contributed by atoms with Crippen LogP contribution in [0.2, 0.25) is 0 Å². The molecule has 0 fully saturated rings. The Morgan fingerprint density at radius 1 is 1.20 bits per heavy atom. The molecule has 0 saturated heterocycles. The third-order valence-electron chi connectivity index (χ3n) is 2.22. The second-order valence-corrected chi connectivity index (χ2v) is 6.05. The van der Waals surface area contributed by atoms with Gasteiger partial charge >= 0.3 is 38.4 Å². The molecule has 0 amide bonds. The standard InChI is InChI=1S/C8H22N2O3Si.Na.H/c1-5-8(10-7-6-9)14(11-2,12-3)13-4;;/h8,10H,5-7,9H2,1-4H3;;. The van der Waals surface area contributed by atoms with Crippen molar-refractivity contribution in [2.24, 2.45) is 5.73 Å². The van der Waals surface area contributed by atoms with Gasteiger partial charge in [-0.3, -0.25) is 0 Å². The van der Waals surface area contributed by atoms with Crippen molar-refractivity contribution in [1.82, 2.24) is 5.32 Å². The fourth-order valence-corrected chi connectivity index (χ4v) is 3.70. The van der Waals surface area contributed by atoms with E-state index < -0.39 is 8.80 Å². The molecule has 0 aliphatic carbocycles. The average molecular weight is 246 g/mol. The van der Waals surface area contributed by atoms with Gasteiger partial charge in [-0.05, 0) is 6.42 Å². The monoisotopic (exact) mass is 246 g/mol. The molecule has 5 nitrogen and oxygen atoms in total. The summed E-state index contributed by atoms with van der Waals surface area (Å²) in [6.07, 6.45) is 0.891. The third kappa shape index (κ3) is 5.25. The maximum absolute atomic E-state index is 5.43. The minimum atomic E-state index is -2.55. The summed E-state index contributed by atoms with van der Waals surface area (Å²) in [6.45, 7) is 3.40. The number of rotatable bonds is 8. The van der Waals surface area contributed by atoms with E-state index in [1.807, 2.05) is 0 Å². The Bertz CT molecular complexity index is 142. The van der Waals surface area contributed by atoms with E-state index in [2.05, 4.69) is 12.2 Å². The summed E-state index contributed by atoms with van der Waals surface area (Å²) in [5.74, 6) is 0. The SMILES string of the molecule is CCC(NCCN)[Si](OC)(OC)OC.[NaH]. The van der Waals surface area contributed by atoms with Gasteiger partial charge in [0, 0.05) is 34.4 Å². The minimum absolute atomic E-state index is 0. The summed E-state index contributed by atoms with van der Waals surface area (Å²) < 4.78 is 16.1. The van der Waals surface area contributed by atoms with Crippen LogP contribution in [0.25, 0.3) is 0 Å². The van der Waals surface area contributed by atoms with Crippen LogP contribution in [0.4, 0.5) is 0 Å². The van der Waals surface area contributed by atoms with Crippen LogP contribution in [0.15, 0.2) is 0 Å². The van der Waals surface area contributed by atoms with Crippen molar-refractivity contribution < 1.29 is 13.3 Å². The van der Waals surface area contributed by atoms with Crippen LogP contribution in [-0.2, 0) is 13.3 Å². The van der Waals surface area contributed by atoms with Crippen molar-refractivity contribution in [2.75, 3.05) is 34.4 Å². The Kier molecular flexibility index (Phi) is 12.5. The summed E-state index contributed by atoms with van der Waals surface area (Å²) in [5.41, 5.74) is 5.53.